The van der Waals surface area contributed by atoms with E-state index in [1.807, 2.05) is 25.2 Å². The van der Waals surface area contributed by atoms with E-state index in [0.717, 1.165) is 66.1 Å². The summed E-state index contributed by atoms with van der Waals surface area (Å²) in [5.41, 5.74) is 7.02. The van der Waals surface area contributed by atoms with Crippen LogP contribution in [-0.4, -0.2) is 14.5 Å². The molecular weight excluding hydrogens is 433 g/mol. The number of benzene rings is 5. The highest BCUT2D eigenvalue weighted by Crippen LogP contribution is 2.43. The molecule has 7 aromatic rings. The maximum atomic E-state index is 13.7. The van der Waals surface area contributed by atoms with Crippen LogP contribution in [-0.2, 0) is 7.05 Å². The minimum atomic E-state index is -0.259. The monoisotopic (exact) mass is 453 g/mol. The Morgan fingerprint density at radius 1 is 0.600 bits per heavy atom. The Kier molecular flexibility index (Phi) is 4.24. The quantitative estimate of drug-likeness (QED) is 0.197. The number of aryl methyl sites for hydroxylation is 1. The highest BCUT2D eigenvalue weighted by Gasteiger charge is 2.22. The van der Waals surface area contributed by atoms with Crippen molar-refractivity contribution in [2.75, 3.05) is 0 Å². The van der Waals surface area contributed by atoms with Gasteiger partial charge in [0.05, 0.1) is 22.1 Å². The van der Waals surface area contributed by atoms with E-state index < -0.39 is 0 Å². The van der Waals surface area contributed by atoms with Crippen LogP contribution in [0.2, 0.25) is 0 Å². The van der Waals surface area contributed by atoms with Crippen LogP contribution in [0.15, 0.2) is 103 Å². The average Bonchev–Trinajstić information content (AvgIpc) is 3.25. The van der Waals surface area contributed by atoms with Gasteiger partial charge in [0.25, 0.3) is 0 Å². The lowest BCUT2D eigenvalue weighted by molar-refractivity contribution is 0.628. The van der Waals surface area contributed by atoms with Crippen molar-refractivity contribution in [3.63, 3.8) is 0 Å². The van der Waals surface area contributed by atoms with Crippen LogP contribution in [0, 0.1) is 5.82 Å². The topological polar surface area (TPSA) is 30.7 Å². The molecule has 0 bridgehead atoms. The van der Waals surface area contributed by atoms with Crippen molar-refractivity contribution in [1.29, 1.82) is 0 Å². The van der Waals surface area contributed by atoms with Crippen LogP contribution in [0.5, 0.6) is 0 Å². The molecule has 0 radical (unpaired) electrons. The number of hydrogen-bond acceptors (Lipinski definition) is 2. The Morgan fingerprint density at radius 2 is 1.23 bits per heavy atom. The van der Waals surface area contributed by atoms with Crippen LogP contribution in [0.1, 0.15) is 0 Å². The first-order valence-corrected chi connectivity index (χ1v) is 11.6. The largest absolute Gasteiger partial charge is 0.327 e. The molecule has 0 unspecified atom stereocenters. The van der Waals surface area contributed by atoms with Gasteiger partial charge in [0.15, 0.2) is 0 Å². The van der Waals surface area contributed by atoms with Gasteiger partial charge in [-0.05, 0) is 35.9 Å². The first-order valence-electron chi connectivity index (χ1n) is 11.6. The van der Waals surface area contributed by atoms with E-state index in [0.29, 0.717) is 0 Å². The first-order chi connectivity index (χ1) is 17.2. The summed E-state index contributed by atoms with van der Waals surface area (Å²) in [4.78, 5) is 10.3. The molecule has 0 aliphatic heterocycles. The summed E-state index contributed by atoms with van der Waals surface area (Å²) in [6.07, 6.45) is 0. The summed E-state index contributed by atoms with van der Waals surface area (Å²) >= 11 is 0. The second-order valence-electron chi connectivity index (χ2n) is 8.84. The smallest absolute Gasteiger partial charge is 0.140 e. The van der Waals surface area contributed by atoms with Gasteiger partial charge in [-0.1, -0.05) is 72.8 Å². The zero-order valence-corrected chi connectivity index (χ0v) is 19.0. The van der Waals surface area contributed by atoms with Crippen molar-refractivity contribution < 1.29 is 4.39 Å². The Bertz CT molecular complexity index is 1900. The summed E-state index contributed by atoms with van der Waals surface area (Å²) in [5.74, 6) is 0.537. The minimum absolute atomic E-state index is 0.259. The van der Waals surface area contributed by atoms with Gasteiger partial charge in [0.1, 0.15) is 11.6 Å². The lowest BCUT2D eigenvalue weighted by Gasteiger charge is -2.15. The zero-order valence-electron chi connectivity index (χ0n) is 19.0. The Hall–Kier alpha value is -4.57. The third kappa shape index (κ3) is 2.90. The molecule has 0 atom stereocenters. The van der Waals surface area contributed by atoms with E-state index in [1.165, 1.54) is 12.1 Å². The maximum Gasteiger partial charge on any atom is 0.140 e. The van der Waals surface area contributed by atoms with Crippen LogP contribution in [0.4, 0.5) is 4.39 Å². The van der Waals surface area contributed by atoms with Gasteiger partial charge in [-0.15, -0.1) is 0 Å². The molecular formula is C31H20FN3. The number of rotatable bonds is 2. The summed E-state index contributed by atoms with van der Waals surface area (Å²) in [6, 6.07) is 33.7. The molecule has 166 valence electrons. The summed E-state index contributed by atoms with van der Waals surface area (Å²) in [7, 11) is 2.03. The van der Waals surface area contributed by atoms with Gasteiger partial charge in [-0.3, -0.25) is 0 Å². The molecule has 0 saturated carbocycles. The number of pyridine rings is 1. The number of halogens is 1. The fraction of sp³-hybridized carbons (Fsp3) is 0.0323. The van der Waals surface area contributed by atoms with Gasteiger partial charge in [-0.25, -0.2) is 14.4 Å². The molecule has 0 saturated heterocycles. The van der Waals surface area contributed by atoms with Crippen molar-refractivity contribution in [1.82, 2.24) is 14.5 Å². The van der Waals surface area contributed by atoms with Gasteiger partial charge >= 0.3 is 0 Å². The second-order valence-corrected chi connectivity index (χ2v) is 8.84. The highest BCUT2D eigenvalue weighted by atomic mass is 19.1. The Balaban J connectivity index is 1.77. The van der Waals surface area contributed by atoms with Crippen molar-refractivity contribution in [2.45, 2.75) is 0 Å². The second kappa shape index (κ2) is 7.47. The van der Waals surface area contributed by atoms with E-state index in [9.17, 15) is 4.39 Å². The summed E-state index contributed by atoms with van der Waals surface area (Å²) < 4.78 is 15.8. The van der Waals surface area contributed by atoms with Gasteiger partial charge in [0.2, 0.25) is 0 Å². The molecule has 0 spiro atoms. The highest BCUT2D eigenvalue weighted by molar-refractivity contribution is 6.29. The third-order valence-corrected chi connectivity index (χ3v) is 6.83. The third-order valence-electron chi connectivity index (χ3n) is 6.83. The number of fused-ring (bicyclic) bond motifs is 7. The van der Waals surface area contributed by atoms with E-state index in [4.69, 9.17) is 9.97 Å². The fourth-order valence-electron chi connectivity index (χ4n) is 5.27. The van der Waals surface area contributed by atoms with Crippen LogP contribution < -0.4 is 0 Å². The van der Waals surface area contributed by atoms with Crippen molar-refractivity contribution >= 4 is 43.6 Å². The number of nitrogens with zero attached hydrogens (tertiary/aromatic N) is 3. The van der Waals surface area contributed by atoms with E-state index in [1.54, 1.807) is 12.1 Å². The lowest BCUT2D eigenvalue weighted by atomic mass is 9.93. The zero-order chi connectivity index (χ0) is 23.5. The number of para-hydroxylation sites is 1. The fourth-order valence-corrected chi connectivity index (χ4v) is 5.27. The molecule has 2 aromatic heterocycles. The molecule has 3 nitrogen and oxygen atoms in total. The van der Waals surface area contributed by atoms with Crippen molar-refractivity contribution in [3.05, 3.63) is 109 Å². The molecule has 4 heteroatoms. The number of imidazole rings is 1. The summed E-state index contributed by atoms with van der Waals surface area (Å²) in [5, 5.41) is 4.31. The molecule has 0 aliphatic carbocycles. The molecule has 0 aliphatic rings. The maximum absolute atomic E-state index is 13.7. The van der Waals surface area contributed by atoms with Gasteiger partial charge in [-0.2, -0.15) is 0 Å². The molecule has 35 heavy (non-hydrogen) atoms. The number of hydrogen-bond donors (Lipinski definition) is 0. The van der Waals surface area contributed by atoms with Crippen molar-refractivity contribution in [2.24, 2.45) is 7.05 Å². The molecule has 7 rings (SSSR count). The lowest BCUT2D eigenvalue weighted by Crippen LogP contribution is -1.96. The predicted octanol–water partition coefficient (Wildman–Crippen LogP) is 7.90. The SMILES string of the molecule is Cn1c(-c2ccc(F)cc2)nc2c3ccccc3c3nc4ccccc4c(-c4ccccc4)c3c21. The van der Waals surface area contributed by atoms with Crippen LogP contribution in [0.25, 0.3) is 66.1 Å². The van der Waals surface area contributed by atoms with Crippen molar-refractivity contribution in [3.8, 4) is 22.5 Å². The molecule has 5 aromatic carbocycles. The minimum Gasteiger partial charge on any atom is -0.327 e. The van der Waals surface area contributed by atoms with Crippen LogP contribution >= 0.6 is 0 Å². The van der Waals surface area contributed by atoms with E-state index in [-0.39, 0.29) is 5.82 Å². The average molecular weight is 454 g/mol. The first kappa shape index (κ1) is 19.9. The van der Waals surface area contributed by atoms with E-state index >= 15 is 0 Å². The standard InChI is InChI=1S/C31H20FN3/c1-35-30-27-26(19-9-3-2-4-10-19)24-13-7-8-14-25(24)33-28(27)22-11-5-6-12-23(22)29(30)34-31(35)20-15-17-21(32)18-16-20/h2-18H,1H3. The van der Waals surface area contributed by atoms with Gasteiger partial charge in [0, 0.05) is 39.7 Å². The Morgan fingerprint density at radius 3 is 1.97 bits per heavy atom. The molecule has 0 fully saturated rings. The normalized spacial score (nSPS) is 11.7. The molecule has 0 N–H and O–H groups in total. The Labute approximate surface area is 201 Å². The molecule has 0 amide bonds. The van der Waals surface area contributed by atoms with Crippen LogP contribution in [0.3, 0.4) is 0 Å². The number of aromatic nitrogens is 3. The van der Waals surface area contributed by atoms with E-state index in [2.05, 4.69) is 65.2 Å². The van der Waals surface area contributed by atoms with Gasteiger partial charge < -0.3 is 4.57 Å². The summed E-state index contributed by atoms with van der Waals surface area (Å²) in [6.45, 7) is 0. The molecule has 2 heterocycles. The predicted molar refractivity (Wildman–Crippen MR) is 142 cm³/mol.